The molecular weight excluding hydrogens is 505 g/mol. The van der Waals surface area contributed by atoms with E-state index in [1.807, 2.05) is 41.8 Å². The lowest BCUT2D eigenvalue weighted by Gasteiger charge is -2.34. The van der Waals surface area contributed by atoms with E-state index in [1.165, 1.54) is 22.3 Å². The molecule has 3 heterocycles. The van der Waals surface area contributed by atoms with E-state index in [0.29, 0.717) is 16.3 Å². The van der Waals surface area contributed by atoms with Gasteiger partial charge in [-0.25, -0.2) is 0 Å². The molecular formula is C26H23Cl2N3O3S. The standard InChI is InChI=1S/C26H23Cl2N3O3S/c1-29-10-12-30(13-11-29)17-5-7-18(8-6-17)31-23(21-3-2-14-35-21)22(25(33)26(31)34)24(32)16-4-9-19(27)20(28)15-16/h2-9,14-15,23,32H,10-13H2,1H3/b24-22-. The summed E-state index contributed by atoms with van der Waals surface area (Å²) in [6.45, 7) is 3.84. The molecule has 180 valence electrons. The molecule has 6 nitrogen and oxygen atoms in total. The van der Waals surface area contributed by atoms with Crippen molar-refractivity contribution in [2.75, 3.05) is 43.0 Å². The third-order valence-electron chi connectivity index (χ3n) is 6.45. The van der Waals surface area contributed by atoms with Gasteiger partial charge in [0.1, 0.15) is 11.8 Å². The third-order valence-corrected chi connectivity index (χ3v) is 8.11. The van der Waals surface area contributed by atoms with Crippen molar-refractivity contribution in [2.24, 2.45) is 0 Å². The van der Waals surface area contributed by atoms with Gasteiger partial charge in [0.05, 0.1) is 15.6 Å². The summed E-state index contributed by atoms with van der Waals surface area (Å²) in [6.07, 6.45) is 0. The Labute approximate surface area is 217 Å². The lowest BCUT2D eigenvalue weighted by atomic mass is 9.99. The van der Waals surface area contributed by atoms with Gasteiger partial charge in [0.2, 0.25) is 0 Å². The summed E-state index contributed by atoms with van der Waals surface area (Å²) in [6, 6.07) is 15.2. The number of piperazine rings is 1. The van der Waals surface area contributed by atoms with Crippen molar-refractivity contribution in [1.29, 1.82) is 0 Å². The van der Waals surface area contributed by atoms with Gasteiger partial charge in [-0.3, -0.25) is 14.5 Å². The minimum atomic E-state index is -0.751. The van der Waals surface area contributed by atoms with Crippen LogP contribution in [0.15, 0.2) is 65.6 Å². The Morgan fingerprint density at radius 1 is 0.943 bits per heavy atom. The van der Waals surface area contributed by atoms with Crippen molar-refractivity contribution in [1.82, 2.24) is 4.90 Å². The van der Waals surface area contributed by atoms with Crippen molar-refractivity contribution in [2.45, 2.75) is 6.04 Å². The lowest BCUT2D eigenvalue weighted by Crippen LogP contribution is -2.44. The highest BCUT2D eigenvalue weighted by atomic mass is 35.5. The Bertz CT molecular complexity index is 1300. The Morgan fingerprint density at radius 3 is 2.26 bits per heavy atom. The van der Waals surface area contributed by atoms with Gasteiger partial charge >= 0.3 is 0 Å². The van der Waals surface area contributed by atoms with Crippen LogP contribution in [0.5, 0.6) is 0 Å². The predicted molar refractivity (Wildman–Crippen MR) is 142 cm³/mol. The highest BCUT2D eigenvalue weighted by Crippen LogP contribution is 2.44. The van der Waals surface area contributed by atoms with Crippen LogP contribution in [0.2, 0.25) is 10.0 Å². The number of hydrogen-bond donors (Lipinski definition) is 1. The van der Waals surface area contributed by atoms with Crippen LogP contribution in [0, 0.1) is 0 Å². The maximum absolute atomic E-state index is 13.3. The molecule has 1 N–H and O–H groups in total. The van der Waals surface area contributed by atoms with E-state index in [2.05, 4.69) is 16.8 Å². The highest BCUT2D eigenvalue weighted by molar-refractivity contribution is 7.10. The average Bonchev–Trinajstić information content (AvgIpc) is 3.48. The number of amides is 1. The minimum Gasteiger partial charge on any atom is -0.507 e. The number of carbonyl (C=O) groups is 2. The molecule has 1 unspecified atom stereocenters. The molecule has 2 aliphatic heterocycles. The molecule has 1 amide bonds. The van der Waals surface area contributed by atoms with Gasteiger partial charge in [-0.15, -0.1) is 11.3 Å². The number of rotatable bonds is 4. The monoisotopic (exact) mass is 527 g/mol. The zero-order valence-corrected chi connectivity index (χ0v) is 21.3. The minimum absolute atomic E-state index is 0.0268. The molecule has 1 aromatic heterocycles. The van der Waals surface area contributed by atoms with Crippen LogP contribution in [0.1, 0.15) is 16.5 Å². The number of Topliss-reactive ketones (excluding diaryl/α,β-unsaturated/α-hetero) is 1. The number of nitrogens with zero attached hydrogens (tertiary/aromatic N) is 3. The second-order valence-corrected chi connectivity index (χ2v) is 10.4. The normalized spacial score (nSPS) is 20.6. The fourth-order valence-electron chi connectivity index (χ4n) is 4.50. The first-order valence-corrected chi connectivity index (χ1v) is 12.8. The number of halogens is 2. The average molecular weight is 528 g/mol. The topological polar surface area (TPSA) is 64.1 Å². The molecule has 5 rings (SSSR count). The molecule has 0 aliphatic carbocycles. The van der Waals surface area contributed by atoms with Crippen LogP contribution < -0.4 is 9.80 Å². The fourth-order valence-corrected chi connectivity index (χ4v) is 5.62. The van der Waals surface area contributed by atoms with E-state index < -0.39 is 17.7 Å². The summed E-state index contributed by atoms with van der Waals surface area (Å²) >= 11 is 13.6. The van der Waals surface area contributed by atoms with Gasteiger partial charge in [-0.05, 0) is 61.0 Å². The number of aliphatic hydroxyl groups is 1. The van der Waals surface area contributed by atoms with Crippen molar-refractivity contribution >= 4 is 63.4 Å². The molecule has 0 saturated carbocycles. The summed E-state index contributed by atoms with van der Waals surface area (Å²) < 4.78 is 0. The second kappa shape index (κ2) is 9.66. The molecule has 2 fully saturated rings. The lowest BCUT2D eigenvalue weighted by molar-refractivity contribution is -0.132. The summed E-state index contributed by atoms with van der Waals surface area (Å²) in [7, 11) is 2.11. The van der Waals surface area contributed by atoms with Crippen molar-refractivity contribution in [3.05, 3.63) is 86.0 Å². The van der Waals surface area contributed by atoms with Gasteiger partial charge in [0, 0.05) is 48.0 Å². The zero-order chi connectivity index (χ0) is 24.7. The quantitative estimate of drug-likeness (QED) is 0.278. The van der Waals surface area contributed by atoms with Crippen molar-refractivity contribution in [3.63, 3.8) is 0 Å². The first kappa shape index (κ1) is 23.9. The summed E-state index contributed by atoms with van der Waals surface area (Å²) in [5.74, 6) is -1.70. The number of ketones is 1. The van der Waals surface area contributed by atoms with Crippen LogP contribution >= 0.6 is 34.5 Å². The van der Waals surface area contributed by atoms with E-state index in [1.54, 1.807) is 12.1 Å². The number of anilines is 2. The Balaban J connectivity index is 1.55. The van der Waals surface area contributed by atoms with Gasteiger partial charge < -0.3 is 14.9 Å². The highest BCUT2D eigenvalue weighted by Gasteiger charge is 2.47. The number of carbonyl (C=O) groups excluding carboxylic acids is 2. The number of benzene rings is 2. The van der Waals surface area contributed by atoms with E-state index >= 15 is 0 Å². The van der Waals surface area contributed by atoms with Crippen molar-refractivity contribution in [3.8, 4) is 0 Å². The van der Waals surface area contributed by atoms with Gasteiger partial charge in [-0.2, -0.15) is 0 Å². The fraction of sp³-hybridized carbons (Fsp3) is 0.231. The Hall–Kier alpha value is -2.84. The largest absolute Gasteiger partial charge is 0.507 e. The van der Waals surface area contributed by atoms with Crippen LogP contribution in [-0.4, -0.2) is 54.9 Å². The third kappa shape index (κ3) is 4.45. The molecule has 0 radical (unpaired) electrons. The van der Waals surface area contributed by atoms with Crippen LogP contribution in [0.3, 0.4) is 0 Å². The van der Waals surface area contributed by atoms with Crippen molar-refractivity contribution < 1.29 is 14.7 Å². The maximum atomic E-state index is 13.3. The predicted octanol–water partition coefficient (Wildman–Crippen LogP) is 5.43. The first-order chi connectivity index (χ1) is 16.8. The molecule has 9 heteroatoms. The second-order valence-electron chi connectivity index (χ2n) is 8.62. The number of likely N-dealkylation sites (N-methyl/N-ethyl adjacent to an activating group) is 1. The van der Waals surface area contributed by atoms with Gasteiger partial charge in [0.25, 0.3) is 11.7 Å². The molecule has 35 heavy (non-hydrogen) atoms. The molecule has 2 aromatic carbocycles. The van der Waals surface area contributed by atoms with E-state index in [0.717, 1.165) is 36.7 Å². The van der Waals surface area contributed by atoms with E-state index in [-0.39, 0.29) is 16.4 Å². The molecule has 0 spiro atoms. The van der Waals surface area contributed by atoms with E-state index in [9.17, 15) is 14.7 Å². The molecule has 2 aliphatic rings. The first-order valence-electron chi connectivity index (χ1n) is 11.2. The summed E-state index contributed by atoms with van der Waals surface area (Å²) in [5.41, 5.74) is 2.02. The summed E-state index contributed by atoms with van der Waals surface area (Å²) in [5, 5.41) is 13.6. The number of aliphatic hydroxyl groups excluding tert-OH is 1. The van der Waals surface area contributed by atoms with E-state index in [4.69, 9.17) is 23.2 Å². The zero-order valence-electron chi connectivity index (χ0n) is 18.9. The van der Waals surface area contributed by atoms with Crippen LogP contribution in [0.25, 0.3) is 5.76 Å². The summed E-state index contributed by atoms with van der Waals surface area (Å²) in [4.78, 5) is 33.3. The SMILES string of the molecule is CN1CCN(c2ccc(N3C(=O)C(=O)/C(=C(\O)c4ccc(Cl)c(Cl)c4)C3c3cccs3)cc2)CC1. The molecule has 1 atom stereocenters. The van der Waals surface area contributed by atoms with Gasteiger partial charge in [-0.1, -0.05) is 29.3 Å². The van der Waals surface area contributed by atoms with Gasteiger partial charge in [0.15, 0.2) is 0 Å². The number of thiophene rings is 1. The van der Waals surface area contributed by atoms with Crippen LogP contribution in [0.4, 0.5) is 11.4 Å². The van der Waals surface area contributed by atoms with Crippen LogP contribution in [-0.2, 0) is 9.59 Å². The molecule has 2 saturated heterocycles. The Morgan fingerprint density at radius 2 is 1.63 bits per heavy atom. The maximum Gasteiger partial charge on any atom is 0.300 e. The molecule has 0 bridgehead atoms. The number of hydrogen-bond acceptors (Lipinski definition) is 6. The Kier molecular flexibility index (Phi) is 6.59. The molecule has 3 aromatic rings. The smallest absolute Gasteiger partial charge is 0.300 e.